The largest absolute Gasteiger partial charge is 0.490 e. The summed E-state index contributed by atoms with van der Waals surface area (Å²) >= 11 is 10.2. The van der Waals surface area contributed by atoms with Gasteiger partial charge < -0.3 is 4.74 Å². The number of anilines is 1. The third-order valence-corrected chi connectivity index (χ3v) is 5.35. The van der Waals surface area contributed by atoms with E-state index in [0.717, 1.165) is 21.5 Å². The summed E-state index contributed by atoms with van der Waals surface area (Å²) < 4.78 is 7.11. The molecule has 1 fully saturated rings. The summed E-state index contributed by atoms with van der Waals surface area (Å²) in [7, 11) is 0. The number of hydrogen-bond acceptors (Lipinski definition) is 4. The molecule has 1 heterocycles. The van der Waals surface area contributed by atoms with Crippen molar-refractivity contribution in [3.63, 3.8) is 0 Å². The van der Waals surface area contributed by atoms with E-state index in [0.29, 0.717) is 9.23 Å². The minimum absolute atomic E-state index is 0.0974. The maximum absolute atomic E-state index is 12.7. The van der Waals surface area contributed by atoms with Crippen LogP contribution in [0.2, 0.25) is 0 Å². The average Bonchev–Trinajstić information content (AvgIpc) is 2.84. The Kier molecular flexibility index (Phi) is 5.61. The number of ether oxygens (including phenoxy) is 1. The minimum atomic E-state index is -0.0974. The number of carbonyl (C=O) groups is 1. The summed E-state index contributed by atoms with van der Waals surface area (Å²) in [5.74, 6) is 0.684. The van der Waals surface area contributed by atoms with Gasteiger partial charge in [-0.3, -0.25) is 9.69 Å². The smallest absolute Gasteiger partial charge is 0.270 e. The molecule has 0 spiro atoms. The van der Waals surface area contributed by atoms with E-state index in [1.54, 1.807) is 4.90 Å². The zero-order chi connectivity index (χ0) is 18.0. The van der Waals surface area contributed by atoms with E-state index in [4.69, 9.17) is 17.0 Å². The molecule has 128 valence electrons. The normalized spacial score (nSPS) is 16.2. The molecule has 0 aromatic heterocycles. The van der Waals surface area contributed by atoms with E-state index >= 15 is 0 Å². The van der Waals surface area contributed by atoms with E-state index in [-0.39, 0.29) is 12.0 Å². The Morgan fingerprint density at radius 3 is 2.56 bits per heavy atom. The Morgan fingerprint density at radius 1 is 1.20 bits per heavy atom. The Hall–Kier alpha value is -1.63. The first-order valence-corrected chi connectivity index (χ1v) is 9.76. The van der Waals surface area contributed by atoms with Crippen molar-refractivity contribution < 1.29 is 9.53 Å². The van der Waals surface area contributed by atoms with Gasteiger partial charge in [0.05, 0.1) is 21.2 Å². The number of carbonyl (C=O) groups excluding carboxylic acids is 1. The lowest BCUT2D eigenvalue weighted by molar-refractivity contribution is -0.113. The Balaban J connectivity index is 1.86. The molecule has 2 aromatic carbocycles. The first kappa shape index (κ1) is 18.2. The van der Waals surface area contributed by atoms with Gasteiger partial charge in [0.25, 0.3) is 5.91 Å². The molecule has 3 rings (SSSR count). The van der Waals surface area contributed by atoms with Gasteiger partial charge in [0, 0.05) is 0 Å². The molecule has 0 atom stereocenters. The van der Waals surface area contributed by atoms with Gasteiger partial charge in [-0.2, -0.15) is 0 Å². The molecule has 2 aromatic rings. The van der Waals surface area contributed by atoms with Crippen molar-refractivity contribution in [2.24, 2.45) is 0 Å². The van der Waals surface area contributed by atoms with Crippen molar-refractivity contribution in [3.8, 4) is 5.75 Å². The summed E-state index contributed by atoms with van der Waals surface area (Å²) in [6.45, 7) is 3.96. The number of rotatable bonds is 4. The molecular weight excluding hydrogens is 418 g/mol. The second-order valence-corrected chi connectivity index (χ2v) is 8.24. The van der Waals surface area contributed by atoms with Crippen LogP contribution in [-0.4, -0.2) is 16.3 Å². The van der Waals surface area contributed by atoms with Crippen molar-refractivity contribution in [1.82, 2.24) is 0 Å². The van der Waals surface area contributed by atoms with Gasteiger partial charge in [-0.05, 0) is 65.7 Å². The molecule has 1 amide bonds. The average molecular weight is 434 g/mol. The summed E-state index contributed by atoms with van der Waals surface area (Å²) in [5, 5.41) is 0. The van der Waals surface area contributed by atoms with Crippen LogP contribution < -0.4 is 9.64 Å². The van der Waals surface area contributed by atoms with Crippen LogP contribution in [0.3, 0.4) is 0 Å². The fourth-order valence-corrected chi connectivity index (χ4v) is 4.16. The maximum Gasteiger partial charge on any atom is 0.270 e. The Labute approximate surface area is 165 Å². The predicted octanol–water partition coefficient (Wildman–Crippen LogP) is 5.64. The quantitative estimate of drug-likeness (QED) is 0.460. The summed E-state index contributed by atoms with van der Waals surface area (Å²) in [5.41, 5.74) is 1.70. The Bertz CT molecular complexity index is 850. The van der Waals surface area contributed by atoms with Gasteiger partial charge in [-0.25, -0.2) is 0 Å². The zero-order valence-electron chi connectivity index (χ0n) is 13.7. The number of halogens is 1. The van der Waals surface area contributed by atoms with Gasteiger partial charge in [0.2, 0.25) is 0 Å². The Morgan fingerprint density at radius 2 is 1.92 bits per heavy atom. The van der Waals surface area contributed by atoms with Crippen molar-refractivity contribution in [2.75, 3.05) is 4.90 Å². The summed E-state index contributed by atoms with van der Waals surface area (Å²) in [6, 6.07) is 15.2. The van der Waals surface area contributed by atoms with Gasteiger partial charge in [0.1, 0.15) is 5.75 Å². The van der Waals surface area contributed by atoms with Crippen molar-refractivity contribution in [3.05, 3.63) is 63.5 Å². The zero-order valence-corrected chi connectivity index (χ0v) is 17.0. The first-order chi connectivity index (χ1) is 12.0. The van der Waals surface area contributed by atoms with Gasteiger partial charge in [-0.15, -0.1) is 0 Å². The highest BCUT2D eigenvalue weighted by atomic mass is 79.9. The van der Waals surface area contributed by atoms with Crippen LogP contribution in [0.5, 0.6) is 5.75 Å². The second kappa shape index (κ2) is 7.72. The van der Waals surface area contributed by atoms with Crippen molar-refractivity contribution >= 4 is 61.9 Å². The lowest BCUT2D eigenvalue weighted by Crippen LogP contribution is -2.27. The number of benzene rings is 2. The first-order valence-electron chi connectivity index (χ1n) is 7.75. The molecule has 0 bridgehead atoms. The van der Waals surface area contributed by atoms with Crippen LogP contribution in [-0.2, 0) is 4.79 Å². The van der Waals surface area contributed by atoms with Crippen LogP contribution in [0.4, 0.5) is 5.69 Å². The monoisotopic (exact) mass is 433 g/mol. The predicted molar refractivity (Wildman–Crippen MR) is 112 cm³/mol. The molecule has 1 aliphatic heterocycles. The number of thiocarbonyl (C=S) groups is 1. The fourth-order valence-electron chi connectivity index (χ4n) is 2.38. The van der Waals surface area contributed by atoms with Crippen molar-refractivity contribution in [1.29, 1.82) is 0 Å². The molecule has 0 N–H and O–H groups in total. The van der Waals surface area contributed by atoms with Gasteiger partial charge in [0.15, 0.2) is 4.32 Å². The number of amides is 1. The molecule has 25 heavy (non-hydrogen) atoms. The van der Waals surface area contributed by atoms with Gasteiger partial charge in [-0.1, -0.05) is 48.2 Å². The summed E-state index contributed by atoms with van der Waals surface area (Å²) in [6.07, 6.45) is 1.95. The third kappa shape index (κ3) is 4.14. The van der Waals surface area contributed by atoms with Crippen LogP contribution >= 0.6 is 39.9 Å². The van der Waals surface area contributed by atoms with E-state index < -0.39 is 0 Å². The number of nitrogens with zero attached hydrogens (tertiary/aromatic N) is 1. The van der Waals surface area contributed by atoms with Crippen molar-refractivity contribution in [2.45, 2.75) is 20.0 Å². The van der Waals surface area contributed by atoms with Crippen LogP contribution in [0.1, 0.15) is 19.4 Å². The number of thioether (sulfide) groups is 1. The molecule has 1 aliphatic rings. The molecule has 6 heteroatoms. The van der Waals surface area contributed by atoms with Crippen LogP contribution in [0.25, 0.3) is 6.08 Å². The molecule has 0 radical (unpaired) electrons. The minimum Gasteiger partial charge on any atom is -0.490 e. The van der Waals surface area contributed by atoms with E-state index in [2.05, 4.69) is 15.9 Å². The SMILES string of the molecule is CC(C)Oc1ccc(/C=C2/SC(=S)N(c3ccccc3)C2=O)cc1Br. The second-order valence-electron chi connectivity index (χ2n) is 5.71. The number of hydrogen-bond donors (Lipinski definition) is 0. The standard InChI is InChI=1S/C19H16BrNO2S2/c1-12(2)23-16-9-8-13(10-15(16)20)11-17-18(22)21(19(24)25-17)14-6-4-3-5-7-14/h3-12H,1-2H3/b17-11+. The summed E-state index contributed by atoms with van der Waals surface area (Å²) in [4.78, 5) is 14.9. The lowest BCUT2D eigenvalue weighted by Gasteiger charge is -2.13. The molecule has 0 saturated carbocycles. The van der Waals surface area contributed by atoms with Crippen LogP contribution in [0.15, 0.2) is 57.9 Å². The highest BCUT2D eigenvalue weighted by Gasteiger charge is 2.33. The highest BCUT2D eigenvalue weighted by Crippen LogP contribution is 2.36. The highest BCUT2D eigenvalue weighted by molar-refractivity contribution is 9.10. The van der Waals surface area contributed by atoms with E-state index in [9.17, 15) is 4.79 Å². The molecule has 0 unspecified atom stereocenters. The maximum atomic E-state index is 12.7. The van der Waals surface area contributed by atoms with Gasteiger partial charge >= 0.3 is 0 Å². The molecule has 3 nitrogen and oxygen atoms in total. The number of para-hydroxylation sites is 1. The fraction of sp³-hybridized carbons (Fsp3) is 0.158. The molecule has 1 saturated heterocycles. The third-order valence-electron chi connectivity index (χ3n) is 3.42. The van der Waals surface area contributed by atoms with E-state index in [1.165, 1.54) is 11.8 Å². The molecular formula is C19H16BrNO2S2. The topological polar surface area (TPSA) is 29.5 Å². The van der Waals surface area contributed by atoms with Crippen LogP contribution in [0, 0.1) is 0 Å². The lowest BCUT2D eigenvalue weighted by atomic mass is 10.2. The van der Waals surface area contributed by atoms with E-state index in [1.807, 2.05) is 68.5 Å². The molecule has 0 aliphatic carbocycles.